The maximum Gasteiger partial charge on any atom is 0.253 e. The number of carbonyl (C=O) groups is 1. The highest BCUT2D eigenvalue weighted by Gasteiger charge is 2.12. The quantitative estimate of drug-likeness (QED) is 0.818. The number of carbonyl (C=O) groups excluding carboxylic acids is 1. The normalized spacial score (nSPS) is 9.70. The number of benzene rings is 1. The van der Waals surface area contributed by atoms with Crippen molar-refractivity contribution in [3.05, 3.63) is 53.3 Å². The van der Waals surface area contributed by atoms with Crippen molar-refractivity contribution in [1.82, 2.24) is 15.1 Å². The number of aromatic nitrogens is 2. The van der Waals surface area contributed by atoms with Gasteiger partial charge in [-0.3, -0.25) is 9.89 Å². The van der Waals surface area contributed by atoms with E-state index in [-0.39, 0.29) is 12.5 Å². The first-order chi connectivity index (χ1) is 9.70. The summed E-state index contributed by atoms with van der Waals surface area (Å²) in [6.45, 7) is 0.329. The zero-order valence-corrected chi connectivity index (χ0v) is 11.1. The minimum Gasteiger partial charge on any atom is -0.384 e. The van der Waals surface area contributed by atoms with Crippen LogP contribution in [-0.2, 0) is 6.54 Å². The Bertz CT molecular complexity index is 621. The lowest BCUT2D eigenvalue weighted by Crippen LogP contribution is -2.25. The van der Waals surface area contributed by atoms with Gasteiger partial charge in [0.1, 0.15) is 6.61 Å². The minimum absolute atomic E-state index is 0.0622. The summed E-state index contributed by atoms with van der Waals surface area (Å²) in [5.74, 6) is 5.29. The molecule has 1 aromatic heterocycles. The van der Waals surface area contributed by atoms with Crippen LogP contribution >= 0.6 is 0 Å². The first kappa shape index (κ1) is 13.8. The summed E-state index contributed by atoms with van der Waals surface area (Å²) < 4.78 is 0. The van der Waals surface area contributed by atoms with Crippen LogP contribution in [0.5, 0.6) is 0 Å². The van der Waals surface area contributed by atoms with Crippen LogP contribution in [0, 0.1) is 11.8 Å². The van der Waals surface area contributed by atoms with E-state index in [1.54, 1.807) is 48.6 Å². The van der Waals surface area contributed by atoms with Gasteiger partial charge in [0.2, 0.25) is 0 Å². The molecular weight excluding hydrogens is 254 g/mol. The Hall–Kier alpha value is -2.58. The van der Waals surface area contributed by atoms with Gasteiger partial charge >= 0.3 is 0 Å². The van der Waals surface area contributed by atoms with Crippen LogP contribution in [0.1, 0.15) is 21.5 Å². The van der Waals surface area contributed by atoms with Gasteiger partial charge in [0.15, 0.2) is 0 Å². The second-order valence-corrected chi connectivity index (χ2v) is 4.31. The third-order valence-electron chi connectivity index (χ3n) is 2.76. The van der Waals surface area contributed by atoms with Crippen LogP contribution in [0.15, 0.2) is 36.7 Å². The van der Waals surface area contributed by atoms with Crippen molar-refractivity contribution < 1.29 is 9.90 Å². The Morgan fingerprint density at radius 3 is 2.75 bits per heavy atom. The van der Waals surface area contributed by atoms with Crippen LogP contribution in [0.2, 0.25) is 0 Å². The van der Waals surface area contributed by atoms with Gasteiger partial charge in [-0.1, -0.05) is 11.8 Å². The molecule has 2 rings (SSSR count). The molecule has 20 heavy (non-hydrogen) atoms. The van der Waals surface area contributed by atoms with Crippen molar-refractivity contribution in [2.45, 2.75) is 6.54 Å². The number of aromatic amines is 1. The fourth-order valence-electron chi connectivity index (χ4n) is 1.77. The molecule has 2 aromatic rings. The Morgan fingerprint density at radius 1 is 1.40 bits per heavy atom. The molecule has 0 fully saturated rings. The Labute approximate surface area is 117 Å². The molecule has 0 aliphatic heterocycles. The van der Waals surface area contributed by atoms with Gasteiger partial charge < -0.3 is 10.0 Å². The molecule has 0 aliphatic carbocycles. The van der Waals surface area contributed by atoms with E-state index < -0.39 is 0 Å². The number of aliphatic hydroxyl groups excluding tert-OH is 1. The summed E-state index contributed by atoms with van der Waals surface area (Å²) in [5, 5.41) is 15.2. The minimum atomic E-state index is -0.172. The highest BCUT2D eigenvalue weighted by Crippen LogP contribution is 2.08. The van der Waals surface area contributed by atoms with Crippen LogP contribution in [0.3, 0.4) is 0 Å². The molecule has 5 heteroatoms. The number of hydrogen-bond donors (Lipinski definition) is 2. The molecule has 0 aliphatic rings. The lowest BCUT2D eigenvalue weighted by Gasteiger charge is -2.16. The van der Waals surface area contributed by atoms with Gasteiger partial charge in [0, 0.05) is 36.5 Å². The Balaban J connectivity index is 2.05. The molecule has 0 saturated heterocycles. The second kappa shape index (κ2) is 6.55. The number of hydrogen-bond acceptors (Lipinski definition) is 3. The van der Waals surface area contributed by atoms with E-state index in [1.165, 1.54) is 0 Å². The van der Waals surface area contributed by atoms with Crippen molar-refractivity contribution in [1.29, 1.82) is 0 Å². The maximum atomic E-state index is 12.2. The van der Waals surface area contributed by atoms with E-state index in [1.807, 2.05) is 0 Å². The lowest BCUT2D eigenvalue weighted by molar-refractivity contribution is 0.0785. The van der Waals surface area contributed by atoms with Gasteiger partial charge in [-0.25, -0.2) is 0 Å². The predicted molar refractivity (Wildman–Crippen MR) is 74.8 cm³/mol. The molecule has 0 radical (unpaired) electrons. The van der Waals surface area contributed by atoms with Crippen molar-refractivity contribution in [3.63, 3.8) is 0 Å². The summed E-state index contributed by atoms with van der Waals surface area (Å²) >= 11 is 0. The second-order valence-electron chi connectivity index (χ2n) is 4.31. The predicted octanol–water partition coefficient (Wildman–Crippen LogP) is 1.03. The van der Waals surface area contributed by atoms with E-state index >= 15 is 0 Å². The number of nitrogens with one attached hydrogen (secondary N) is 1. The van der Waals surface area contributed by atoms with Crippen LogP contribution in [0.4, 0.5) is 0 Å². The molecule has 0 atom stereocenters. The summed E-state index contributed by atoms with van der Waals surface area (Å²) in [7, 11) is 1.74. The molecule has 1 aromatic carbocycles. The SMILES string of the molecule is CN(Cc1cn[nH]c1)C(=O)c1ccc(C#CCO)cc1. The first-order valence-electron chi connectivity index (χ1n) is 6.13. The highest BCUT2D eigenvalue weighted by atomic mass is 16.2. The van der Waals surface area contributed by atoms with Gasteiger partial charge in [0.25, 0.3) is 5.91 Å². The van der Waals surface area contributed by atoms with Gasteiger partial charge in [-0.05, 0) is 24.3 Å². The molecule has 5 nitrogen and oxygen atoms in total. The molecule has 102 valence electrons. The van der Waals surface area contributed by atoms with Crippen LogP contribution in [-0.4, -0.2) is 39.8 Å². The molecule has 1 amide bonds. The Morgan fingerprint density at radius 2 is 2.15 bits per heavy atom. The van der Waals surface area contributed by atoms with E-state index in [4.69, 9.17) is 5.11 Å². The average molecular weight is 269 g/mol. The monoisotopic (exact) mass is 269 g/mol. The molecule has 0 unspecified atom stereocenters. The third-order valence-corrected chi connectivity index (χ3v) is 2.76. The van der Waals surface area contributed by atoms with E-state index in [9.17, 15) is 4.79 Å². The third kappa shape index (κ3) is 3.46. The molecule has 0 saturated carbocycles. The number of aliphatic hydroxyl groups is 1. The largest absolute Gasteiger partial charge is 0.384 e. The van der Waals surface area contributed by atoms with Gasteiger partial charge in [-0.2, -0.15) is 5.10 Å². The number of rotatable bonds is 3. The van der Waals surface area contributed by atoms with E-state index in [0.717, 1.165) is 11.1 Å². The van der Waals surface area contributed by atoms with Crippen LogP contribution in [0.25, 0.3) is 0 Å². The fourth-order valence-corrected chi connectivity index (χ4v) is 1.77. The lowest BCUT2D eigenvalue weighted by atomic mass is 10.1. The molecular formula is C15H15N3O2. The molecule has 2 N–H and O–H groups in total. The van der Waals surface area contributed by atoms with Gasteiger partial charge in [-0.15, -0.1) is 0 Å². The highest BCUT2D eigenvalue weighted by molar-refractivity contribution is 5.94. The van der Waals surface area contributed by atoms with Crippen molar-refractivity contribution in [2.75, 3.05) is 13.7 Å². The van der Waals surface area contributed by atoms with Crippen molar-refractivity contribution in [3.8, 4) is 11.8 Å². The zero-order chi connectivity index (χ0) is 14.4. The molecule has 0 bridgehead atoms. The summed E-state index contributed by atoms with van der Waals surface area (Å²) in [5.41, 5.74) is 2.32. The smallest absolute Gasteiger partial charge is 0.253 e. The first-order valence-corrected chi connectivity index (χ1v) is 6.13. The topological polar surface area (TPSA) is 69.2 Å². The zero-order valence-electron chi connectivity index (χ0n) is 11.1. The summed E-state index contributed by atoms with van der Waals surface area (Å²) in [6, 6.07) is 6.99. The number of H-pyrrole nitrogens is 1. The average Bonchev–Trinajstić information content (AvgIpc) is 2.97. The fraction of sp³-hybridized carbons (Fsp3) is 0.200. The van der Waals surface area contributed by atoms with Crippen molar-refractivity contribution in [2.24, 2.45) is 0 Å². The maximum absolute atomic E-state index is 12.2. The summed E-state index contributed by atoms with van der Waals surface area (Å²) in [4.78, 5) is 13.8. The number of nitrogens with zero attached hydrogens (tertiary/aromatic N) is 2. The van der Waals surface area contributed by atoms with Crippen molar-refractivity contribution >= 4 is 5.91 Å². The molecule has 0 spiro atoms. The Kier molecular flexibility index (Phi) is 4.53. The van der Waals surface area contributed by atoms with E-state index in [2.05, 4.69) is 22.0 Å². The summed E-state index contributed by atoms with van der Waals surface area (Å²) in [6.07, 6.45) is 3.45. The number of amides is 1. The van der Waals surface area contributed by atoms with Gasteiger partial charge in [0.05, 0.1) is 6.20 Å². The molecule has 1 heterocycles. The van der Waals surface area contributed by atoms with E-state index in [0.29, 0.717) is 12.1 Å². The standard InChI is InChI=1S/C15H15N3O2/c1-18(11-13-9-16-17-10-13)15(20)14-6-4-12(5-7-14)3-2-8-19/h4-7,9-10,19H,8,11H2,1H3,(H,16,17). The van der Waals surface area contributed by atoms with Crippen LogP contribution < -0.4 is 0 Å².